The fraction of sp³-hybridized carbons (Fsp3) is 0.194. The van der Waals surface area contributed by atoms with E-state index in [1.165, 1.54) is 6.07 Å². The van der Waals surface area contributed by atoms with Crippen molar-refractivity contribution in [2.75, 3.05) is 0 Å². The quantitative estimate of drug-likeness (QED) is 0.180. The number of rotatable bonds is 9. The van der Waals surface area contributed by atoms with E-state index in [9.17, 15) is 23.2 Å². The number of hydrogen-bond donors (Lipinski definition) is 0. The van der Waals surface area contributed by atoms with Gasteiger partial charge >= 0.3 is 12.1 Å². The molecule has 0 aliphatic heterocycles. The molecule has 0 N–H and O–H groups in total. The Morgan fingerprint density at radius 3 is 2.45 bits per heavy atom. The summed E-state index contributed by atoms with van der Waals surface area (Å²) in [6, 6.07) is 23.0. The summed E-state index contributed by atoms with van der Waals surface area (Å²) in [6.07, 6.45) is -2.00. The molecular weight excluding hydrogens is 585 g/mol. The number of alkyl halides is 3. The number of carbonyl (C=O) groups excluding carboxylic acids is 1. The minimum Gasteiger partial charge on any atom is -0.487 e. The van der Waals surface area contributed by atoms with Crippen LogP contribution in [0.5, 0.6) is 5.75 Å². The molecule has 0 spiro atoms. The SMILES string of the molecule is CC(C(=O)OC(Cc1ccc(C(F)(F)F)cc1Br)c1ccc(C#N)c(OCc2cccnc2)c1)c1ccccc1. The Bertz CT molecular complexity index is 1510. The molecule has 1 heterocycles. The second-order valence-electron chi connectivity index (χ2n) is 9.08. The van der Waals surface area contributed by atoms with Crippen LogP contribution < -0.4 is 4.74 Å². The van der Waals surface area contributed by atoms with E-state index in [1.807, 2.05) is 36.4 Å². The van der Waals surface area contributed by atoms with E-state index < -0.39 is 29.7 Å². The van der Waals surface area contributed by atoms with E-state index in [2.05, 4.69) is 27.0 Å². The molecule has 0 saturated carbocycles. The molecule has 1 aromatic heterocycles. The summed E-state index contributed by atoms with van der Waals surface area (Å²) in [5.41, 5.74) is 2.10. The largest absolute Gasteiger partial charge is 0.487 e. The molecule has 9 heteroatoms. The van der Waals surface area contributed by atoms with Gasteiger partial charge < -0.3 is 9.47 Å². The van der Waals surface area contributed by atoms with Gasteiger partial charge in [-0.05, 0) is 53.9 Å². The first-order valence-corrected chi connectivity index (χ1v) is 13.1. The van der Waals surface area contributed by atoms with E-state index in [0.717, 1.165) is 23.3 Å². The van der Waals surface area contributed by atoms with Crippen LogP contribution in [0.2, 0.25) is 0 Å². The van der Waals surface area contributed by atoms with Crippen molar-refractivity contribution in [1.29, 1.82) is 5.26 Å². The van der Waals surface area contributed by atoms with Crippen LogP contribution in [0, 0.1) is 11.3 Å². The lowest BCUT2D eigenvalue weighted by atomic mass is 9.97. The van der Waals surface area contributed by atoms with Crippen LogP contribution in [0.15, 0.2) is 95.7 Å². The van der Waals surface area contributed by atoms with Crippen molar-refractivity contribution in [3.8, 4) is 11.8 Å². The van der Waals surface area contributed by atoms with Crippen molar-refractivity contribution in [1.82, 2.24) is 4.98 Å². The van der Waals surface area contributed by atoms with E-state index in [4.69, 9.17) is 9.47 Å². The molecule has 5 nitrogen and oxygen atoms in total. The van der Waals surface area contributed by atoms with E-state index >= 15 is 0 Å². The van der Waals surface area contributed by atoms with Crippen molar-refractivity contribution >= 4 is 21.9 Å². The number of ether oxygens (including phenoxy) is 2. The van der Waals surface area contributed by atoms with Crippen molar-refractivity contribution in [3.63, 3.8) is 0 Å². The van der Waals surface area contributed by atoms with Gasteiger partial charge in [-0.2, -0.15) is 18.4 Å². The Morgan fingerprint density at radius 1 is 1.02 bits per heavy atom. The summed E-state index contributed by atoms with van der Waals surface area (Å²) < 4.78 is 51.8. The van der Waals surface area contributed by atoms with Crippen molar-refractivity contribution in [2.24, 2.45) is 0 Å². The van der Waals surface area contributed by atoms with Crippen LogP contribution in [0.4, 0.5) is 13.2 Å². The molecular formula is C31H24BrF3N2O3. The van der Waals surface area contributed by atoms with Gasteiger partial charge in [-0.3, -0.25) is 9.78 Å². The highest BCUT2D eigenvalue weighted by Gasteiger charge is 2.31. The number of esters is 1. The molecule has 0 amide bonds. The van der Waals surface area contributed by atoms with Crippen molar-refractivity contribution in [2.45, 2.75) is 38.1 Å². The zero-order valence-corrected chi connectivity index (χ0v) is 22.9. The molecule has 40 heavy (non-hydrogen) atoms. The average molecular weight is 609 g/mol. The number of aromatic nitrogens is 1. The fourth-order valence-corrected chi connectivity index (χ4v) is 4.57. The lowest BCUT2D eigenvalue weighted by molar-refractivity contribution is -0.151. The summed E-state index contributed by atoms with van der Waals surface area (Å²) in [5.74, 6) is -0.798. The normalized spacial score (nSPS) is 12.7. The molecule has 4 aromatic rings. The number of carbonyl (C=O) groups is 1. The maximum Gasteiger partial charge on any atom is 0.416 e. The van der Waals surface area contributed by atoms with E-state index in [0.29, 0.717) is 11.1 Å². The lowest BCUT2D eigenvalue weighted by Gasteiger charge is -2.23. The molecule has 0 bridgehead atoms. The molecule has 2 atom stereocenters. The summed E-state index contributed by atoms with van der Waals surface area (Å²) in [5, 5.41) is 9.63. The molecule has 2 unspecified atom stereocenters. The second kappa shape index (κ2) is 12.8. The second-order valence-corrected chi connectivity index (χ2v) is 9.94. The molecule has 3 aromatic carbocycles. The predicted molar refractivity (Wildman–Crippen MR) is 146 cm³/mol. The van der Waals surface area contributed by atoms with Crippen LogP contribution in [-0.2, 0) is 28.7 Å². The van der Waals surface area contributed by atoms with Gasteiger partial charge in [-0.1, -0.05) is 64.5 Å². The highest BCUT2D eigenvalue weighted by molar-refractivity contribution is 9.10. The Morgan fingerprint density at radius 2 is 1.80 bits per heavy atom. The first-order valence-electron chi connectivity index (χ1n) is 12.3. The molecule has 0 saturated heterocycles. The van der Waals surface area contributed by atoms with Gasteiger partial charge in [0.15, 0.2) is 0 Å². The number of halogens is 4. The maximum atomic E-state index is 13.2. The minimum absolute atomic E-state index is 0.0832. The number of nitrogens with zero attached hydrogens (tertiary/aromatic N) is 2. The third-order valence-electron chi connectivity index (χ3n) is 6.31. The van der Waals surface area contributed by atoms with Gasteiger partial charge in [-0.25, -0.2) is 0 Å². The zero-order valence-electron chi connectivity index (χ0n) is 21.4. The Hall–Kier alpha value is -4.16. The van der Waals surface area contributed by atoms with Gasteiger partial charge in [0.25, 0.3) is 0 Å². The molecule has 0 aliphatic carbocycles. The Balaban J connectivity index is 1.66. The highest BCUT2D eigenvalue weighted by Crippen LogP contribution is 2.36. The van der Waals surface area contributed by atoms with Crippen LogP contribution in [0.1, 0.15) is 52.3 Å². The van der Waals surface area contributed by atoms with Gasteiger partial charge in [0.2, 0.25) is 0 Å². The molecule has 0 radical (unpaired) electrons. The Kier molecular flexibility index (Phi) is 9.22. The minimum atomic E-state index is -4.49. The molecule has 204 valence electrons. The summed E-state index contributed by atoms with van der Waals surface area (Å²) in [7, 11) is 0. The van der Waals surface area contributed by atoms with Crippen LogP contribution in [-0.4, -0.2) is 11.0 Å². The third-order valence-corrected chi connectivity index (χ3v) is 7.05. The average Bonchev–Trinajstić information content (AvgIpc) is 2.96. The van der Waals surface area contributed by atoms with Gasteiger partial charge in [0.05, 0.1) is 17.0 Å². The number of benzene rings is 3. The van der Waals surface area contributed by atoms with E-state index in [-0.39, 0.29) is 28.8 Å². The predicted octanol–water partition coefficient (Wildman–Crippen LogP) is 7.94. The van der Waals surface area contributed by atoms with Gasteiger partial charge in [-0.15, -0.1) is 0 Å². The summed E-state index contributed by atoms with van der Waals surface area (Å²) in [6.45, 7) is 1.88. The number of nitriles is 1. The Labute approximate surface area is 238 Å². The van der Waals surface area contributed by atoms with E-state index in [1.54, 1.807) is 43.6 Å². The van der Waals surface area contributed by atoms with Crippen LogP contribution in [0.3, 0.4) is 0 Å². The van der Waals surface area contributed by atoms with Crippen LogP contribution in [0.25, 0.3) is 0 Å². The first kappa shape index (κ1) is 28.8. The number of pyridine rings is 1. The van der Waals surface area contributed by atoms with Crippen molar-refractivity contribution in [3.05, 3.63) is 129 Å². The topological polar surface area (TPSA) is 72.2 Å². The first-order chi connectivity index (χ1) is 19.2. The molecule has 0 fully saturated rings. The lowest BCUT2D eigenvalue weighted by Crippen LogP contribution is -2.19. The van der Waals surface area contributed by atoms with Gasteiger partial charge in [0, 0.05) is 28.9 Å². The fourth-order valence-electron chi connectivity index (χ4n) is 4.03. The smallest absolute Gasteiger partial charge is 0.416 e. The standard InChI is InChI=1S/C31H24BrF3N2O3/c1-20(22-7-3-2-4-8-22)30(38)40-29(14-23-11-12-26(16-27(23)32)31(33,34)35)24-9-10-25(17-36)28(15-24)39-19-21-6-5-13-37-18-21/h2-13,15-16,18,20,29H,14,19H2,1H3. The summed E-state index contributed by atoms with van der Waals surface area (Å²) in [4.78, 5) is 17.3. The number of hydrogen-bond acceptors (Lipinski definition) is 5. The molecule has 0 aliphatic rings. The van der Waals surface area contributed by atoms with Gasteiger partial charge in [0.1, 0.15) is 24.5 Å². The monoisotopic (exact) mass is 608 g/mol. The zero-order chi connectivity index (χ0) is 28.7. The third kappa shape index (κ3) is 7.27. The summed E-state index contributed by atoms with van der Waals surface area (Å²) >= 11 is 3.25. The van der Waals surface area contributed by atoms with Crippen LogP contribution >= 0.6 is 15.9 Å². The van der Waals surface area contributed by atoms with Crippen molar-refractivity contribution < 1.29 is 27.4 Å². The maximum absolute atomic E-state index is 13.2. The highest BCUT2D eigenvalue weighted by atomic mass is 79.9. The molecule has 4 rings (SSSR count).